The van der Waals surface area contributed by atoms with Crippen LogP contribution in [0.25, 0.3) is 11.0 Å². The van der Waals surface area contributed by atoms with E-state index in [0.717, 1.165) is 16.9 Å². The number of nitrogens with one attached hydrogen (secondary N) is 1. The number of carbonyl (C=O) groups excluding carboxylic acids is 2. The minimum atomic E-state index is -0.569. The lowest BCUT2D eigenvalue weighted by molar-refractivity contribution is -0.136. The third kappa shape index (κ3) is 4.02. The van der Waals surface area contributed by atoms with Crippen molar-refractivity contribution in [2.75, 3.05) is 32.1 Å². The second-order valence-corrected chi connectivity index (χ2v) is 7.35. The van der Waals surface area contributed by atoms with Crippen molar-refractivity contribution in [2.24, 2.45) is 0 Å². The Morgan fingerprint density at radius 1 is 1.23 bits per heavy atom. The summed E-state index contributed by atoms with van der Waals surface area (Å²) < 4.78 is 6.97. The van der Waals surface area contributed by atoms with E-state index in [9.17, 15) is 14.7 Å². The van der Waals surface area contributed by atoms with Gasteiger partial charge in [-0.25, -0.2) is 9.78 Å². The number of fused-ring (bicyclic) bond motifs is 1. The van der Waals surface area contributed by atoms with Crippen LogP contribution in [0.5, 0.6) is 0 Å². The molecule has 0 unspecified atom stereocenters. The van der Waals surface area contributed by atoms with Gasteiger partial charge in [-0.3, -0.25) is 4.79 Å². The first-order valence-corrected chi connectivity index (χ1v) is 10.0. The predicted octanol–water partition coefficient (Wildman–Crippen LogP) is 2.07. The number of aryl methyl sites for hydroxylation is 1. The number of aromatic nitrogens is 2. The van der Waals surface area contributed by atoms with Crippen LogP contribution in [-0.4, -0.2) is 58.2 Å². The SMILES string of the molecule is COC(=O)C1=C(Nc2ccc3c(c2)nc(C)n3Cc2ccccc2)C(=O)N(CCO)C1. The molecule has 1 aromatic heterocycles. The fraction of sp³-hybridized carbons (Fsp3) is 0.261. The Labute approximate surface area is 179 Å². The van der Waals surface area contributed by atoms with Crippen molar-refractivity contribution in [3.8, 4) is 0 Å². The quantitative estimate of drug-likeness (QED) is 0.568. The smallest absolute Gasteiger partial charge is 0.337 e. The molecule has 0 spiro atoms. The lowest BCUT2D eigenvalue weighted by Crippen LogP contribution is -2.31. The first kappa shape index (κ1) is 20.6. The summed E-state index contributed by atoms with van der Waals surface area (Å²) in [5, 5.41) is 12.3. The molecule has 160 valence electrons. The largest absolute Gasteiger partial charge is 0.466 e. The molecule has 2 N–H and O–H groups in total. The van der Waals surface area contributed by atoms with E-state index < -0.39 is 5.97 Å². The molecule has 1 amide bonds. The second-order valence-electron chi connectivity index (χ2n) is 7.35. The topological polar surface area (TPSA) is 96.7 Å². The maximum Gasteiger partial charge on any atom is 0.337 e. The summed E-state index contributed by atoms with van der Waals surface area (Å²) >= 11 is 0. The van der Waals surface area contributed by atoms with Crippen LogP contribution in [0.4, 0.5) is 5.69 Å². The third-order valence-corrected chi connectivity index (χ3v) is 5.35. The van der Waals surface area contributed by atoms with Crippen molar-refractivity contribution in [2.45, 2.75) is 13.5 Å². The molecular weight excluding hydrogens is 396 g/mol. The van der Waals surface area contributed by atoms with Crippen molar-refractivity contribution in [3.05, 3.63) is 71.2 Å². The standard InChI is InChI=1S/C23H24N4O4/c1-15-24-19-12-17(8-9-20(19)27(15)13-16-6-4-3-5-7-16)25-21-18(23(30)31-2)14-26(10-11-28)22(21)29/h3-9,12,25,28H,10-11,13-14H2,1-2H3. The lowest BCUT2D eigenvalue weighted by Gasteiger charge is -2.15. The van der Waals surface area contributed by atoms with Gasteiger partial charge in [0, 0.05) is 18.8 Å². The minimum Gasteiger partial charge on any atom is -0.466 e. The molecule has 31 heavy (non-hydrogen) atoms. The summed E-state index contributed by atoms with van der Waals surface area (Å²) in [4.78, 5) is 31.0. The molecule has 8 heteroatoms. The zero-order valence-corrected chi connectivity index (χ0v) is 17.5. The zero-order chi connectivity index (χ0) is 22.0. The summed E-state index contributed by atoms with van der Waals surface area (Å²) in [6.07, 6.45) is 0. The predicted molar refractivity (Wildman–Crippen MR) is 116 cm³/mol. The van der Waals surface area contributed by atoms with E-state index >= 15 is 0 Å². The number of imidazole rings is 1. The number of esters is 1. The number of nitrogens with zero attached hydrogens (tertiary/aromatic N) is 3. The number of aliphatic hydroxyl groups excluding tert-OH is 1. The monoisotopic (exact) mass is 420 g/mol. The van der Waals surface area contributed by atoms with Crippen molar-refractivity contribution >= 4 is 28.6 Å². The first-order valence-electron chi connectivity index (χ1n) is 10.0. The number of methoxy groups -OCH3 is 1. The van der Waals surface area contributed by atoms with Gasteiger partial charge in [0.05, 0.1) is 36.9 Å². The van der Waals surface area contributed by atoms with Crippen molar-refractivity contribution < 1.29 is 19.4 Å². The number of ether oxygens (including phenoxy) is 1. The first-order chi connectivity index (χ1) is 15.0. The normalized spacial score (nSPS) is 13.9. The van der Waals surface area contributed by atoms with E-state index in [0.29, 0.717) is 12.2 Å². The highest BCUT2D eigenvalue weighted by Crippen LogP contribution is 2.26. The number of β-amino-alcohol motifs (C(OH)–C–C–N with tert-alkyl or cyclic N) is 1. The number of benzene rings is 2. The molecule has 0 atom stereocenters. The van der Waals surface area contributed by atoms with Crippen LogP contribution in [-0.2, 0) is 20.9 Å². The fourth-order valence-electron chi connectivity index (χ4n) is 3.79. The summed E-state index contributed by atoms with van der Waals surface area (Å²) in [5.74, 6) is -0.0304. The lowest BCUT2D eigenvalue weighted by atomic mass is 10.2. The van der Waals surface area contributed by atoms with Gasteiger partial charge in [0.25, 0.3) is 5.91 Å². The van der Waals surface area contributed by atoms with E-state index in [2.05, 4.69) is 27.0 Å². The molecule has 0 fully saturated rings. The Hall–Kier alpha value is -3.65. The molecule has 1 aliphatic heterocycles. The van der Waals surface area contributed by atoms with Crippen molar-refractivity contribution in [1.29, 1.82) is 0 Å². The van der Waals surface area contributed by atoms with Crippen LogP contribution in [0.2, 0.25) is 0 Å². The molecular formula is C23H24N4O4. The molecule has 3 aromatic rings. The number of rotatable bonds is 7. The van der Waals surface area contributed by atoms with Gasteiger partial charge < -0.3 is 24.6 Å². The Balaban J connectivity index is 1.64. The van der Waals surface area contributed by atoms with Gasteiger partial charge in [0.1, 0.15) is 11.5 Å². The molecule has 8 nitrogen and oxygen atoms in total. The Morgan fingerprint density at radius 3 is 2.71 bits per heavy atom. The average molecular weight is 420 g/mol. The number of carbonyl (C=O) groups is 2. The van der Waals surface area contributed by atoms with Gasteiger partial charge in [-0.2, -0.15) is 0 Å². The summed E-state index contributed by atoms with van der Waals surface area (Å²) in [6.45, 7) is 2.73. The second kappa shape index (κ2) is 8.61. The van der Waals surface area contributed by atoms with Crippen LogP contribution in [0.1, 0.15) is 11.4 Å². The molecule has 2 heterocycles. The number of hydrogen-bond donors (Lipinski definition) is 2. The average Bonchev–Trinajstić information content (AvgIpc) is 3.25. The molecule has 0 aliphatic carbocycles. The number of aliphatic hydroxyl groups is 1. The van der Waals surface area contributed by atoms with Crippen molar-refractivity contribution in [3.63, 3.8) is 0 Å². The van der Waals surface area contributed by atoms with E-state index in [1.54, 1.807) is 0 Å². The number of amides is 1. The third-order valence-electron chi connectivity index (χ3n) is 5.35. The van der Waals surface area contributed by atoms with Crippen LogP contribution in [0.3, 0.4) is 0 Å². The molecule has 0 saturated carbocycles. The van der Waals surface area contributed by atoms with E-state index in [-0.39, 0.29) is 36.9 Å². The highest BCUT2D eigenvalue weighted by Gasteiger charge is 2.34. The van der Waals surface area contributed by atoms with Crippen molar-refractivity contribution in [1.82, 2.24) is 14.5 Å². The van der Waals surface area contributed by atoms with E-state index in [1.807, 2.05) is 43.3 Å². The highest BCUT2D eigenvalue weighted by molar-refractivity contribution is 6.08. The molecule has 4 rings (SSSR count). The van der Waals surface area contributed by atoms with E-state index in [4.69, 9.17) is 4.74 Å². The van der Waals surface area contributed by atoms with Gasteiger partial charge in [-0.15, -0.1) is 0 Å². The van der Waals surface area contributed by atoms with Crippen LogP contribution in [0, 0.1) is 6.92 Å². The minimum absolute atomic E-state index is 0.0987. The van der Waals surface area contributed by atoms with Crippen LogP contribution >= 0.6 is 0 Å². The summed E-state index contributed by atoms with van der Waals surface area (Å²) in [5.41, 5.74) is 4.00. The molecule has 0 bridgehead atoms. The number of hydrogen-bond acceptors (Lipinski definition) is 6. The van der Waals surface area contributed by atoms with Gasteiger partial charge in [0.2, 0.25) is 0 Å². The molecule has 1 aliphatic rings. The molecule has 0 saturated heterocycles. The Morgan fingerprint density at radius 2 is 2.00 bits per heavy atom. The molecule has 2 aromatic carbocycles. The van der Waals surface area contributed by atoms with Gasteiger partial charge in [0.15, 0.2) is 0 Å². The van der Waals surface area contributed by atoms with Gasteiger partial charge in [-0.1, -0.05) is 30.3 Å². The maximum atomic E-state index is 12.7. The Kier molecular flexibility index (Phi) is 5.73. The Bertz CT molecular complexity index is 1170. The van der Waals surface area contributed by atoms with Crippen LogP contribution in [0.15, 0.2) is 59.8 Å². The van der Waals surface area contributed by atoms with Gasteiger partial charge in [-0.05, 0) is 30.7 Å². The summed E-state index contributed by atoms with van der Waals surface area (Å²) in [7, 11) is 1.28. The molecule has 0 radical (unpaired) electrons. The summed E-state index contributed by atoms with van der Waals surface area (Å²) in [6, 6.07) is 15.8. The fourth-order valence-corrected chi connectivity index (χ4v) is 3.79. The van der Waals surface area contributed by atoms with Crippen LogP contribution < -0.4 is 5.32 Å². The highest BCUT2D eigenvalue weighted by atomic mass is 16.5. The van der Waals surface area contributed by atoms with Gasteiger partial charge >= 0.3 is 5.97 Å². The number of anilines is 1. The zero-order valence-electron chi connectivity index (χ0n) is 17.5. The van der Waals surface area contributed by atoms with E-state index in [1.165, 1.54) is 17.6 Å². The maximum absolute atomic E-state index is 12.7.